The predicted molar refractivity (Wildman–Crippen MR) is 88.4 cm³/mol. The van der Waals surface area contributed by atoms with Crippen molar-refractivity contribution in [3.05, 3.63) is 85.2 Å². The van der Waals surface area contributed by atoms with Crippen LogP contribution in [0.25, 0.3) is 0 Å². The third kappa shape index (κ3) is 6.99. The van der Waals surface area contributed by atoms with E-state index in [0.717, 1.165) is 22.6 Å². The smallest absolute Gasteiger partial charge is 0.0448 e. The highest BCUT2D eigenvalue weighted by atomic mass is 14.7. The van der Waals surface area contributed by atoms with E-state index in [2.05, 4.69) is 24.7 Å². The van der Waals surface area contributed by atoms with Gasteiger partial charge in [0.1, 0.15) is 0 Å². The molecule has 19 heavy (non-hydrogen) atoms. The van der Waals surface area contributed by atoms with Gasteiger partial charge in [0.15, 0.2) is 0 Å². The maximum Gasteiger partial charge on any atom is 0.0448 e. The van der Waals surface area contributed by atoms with Crippen molar-refractivity contribution in [3.8, 4) is 0 Å². The van der Waals surface area contributed by atoms with Crippen LogP contribution < -0.4 is 0 Å². The SMILES string of the molecule is C=C\C=C/C(=C\C=C)C(/C)=N\C(C)=C(C)\C=C/C=C. The molecule has 0 N–H and O–H groups in total. The fourth-order valence-corrected chi connectivity index (χ4v) is 1.33. The zero-order valence-electron chi connectivity index (χ0n) is 12.2. The molecular weight excluding hydrogens is 230 g/mol. The van der Waals surface area contributed by atoms with E-state index in [1.165, 1.54) is 0 Å². The van der Waals surface area contributed by atoms with E-state index >= 15 is 0 Å². The Hall–Kier alpha value is -2.15. The highest BCUT2D eigenvalue weighted by Gasteiger charge is 1.98. The second-order valence-corrected chi connectivity index (χ2v) is 4.01. The van der Waals surface area contributed by atoms with Crippen LogP contribution in [0.5, 0.6) is 0 Å². The highest BCUT2D eigenvalue weighted by Crippen LogP contribution is 2.10. The van der Waals surface area contributed by atoms with E-state index in [1.54, 1.807) is 18.2 Å². The molecule has 0 amide bonds. The summed E-state index contributed by atoms with van der Waals surface area (Å²) in [6.45, 7) is 17.1. The lowest BCUT2D eigenvalue weighted by atomic mass is 10.1. The topological polar surface area (TPSA) is 12.4 Å². The molecule has 0 aliphatic heterocycles. The standard InChI is InChI=1S/C18H23N/c1-7-10-13-15(4)16(5)19-17(6)18(12-9-3)14-11-8-2/h7-14H,1-3H2,4-6H3/b13-10-,14-11-,16-15+,18-12+,19-17-. The fourth-order valence-electron chi connectivity index (χ4n) is 1.33. The number of allylic oxidation sites excluding steroid dienone is 11. The Balaban J connectivity index is 5.35. The van der Waals surface area contributed by atoms with Crippen molar-refractivity contribution in [3.63, 3.8) is 0 Å². The van der Waals surface area contributed by atoms with Crippen molar-refractivity contribution in [1.82, 2.24) is 0 Å². The summed E-state index contributed by atoms with van der Waals surface area (Å²) in [5.41, 5.74) is 4.07. The molecule has 0 aromatic rings. The lowest BCUT2D eigenvalue weighted by Crippen LogP contribution is -1.95. The van der Waals surface area contributed by atoms with Crippen LogP contribution in [-0.2, 0) is 0 Å². The fraction of sp³-hybridized carbons (Fsp3) is 0.167. The van der Waals surface area contributed by atoms with Gasteiger partial charge in [0, 0.05) is 11.4 Å². The summed E-state index contributed by atoms with van der Waals surface area (Å²) >= 11 is 0. The number of nitrogens with zero attached hydrogens (tertiary/aromatic N) is 1. The molecule has 0 rings (SSSR count). The van der Waals surface area contributed by atoms with Gasteiger partial charge in [-0.2, -0.15) is 0 Å². The van der Waals surface area contributed by atoms with Crippen LogP contribution in [0.3, 0.4) is 0 Å². The summed E-state index contributed by atoms with van der Waals surface area (Å²) in [5.74, 6) is 0. The van der Waals surface area contributed by atoms with Crippen molar-refractivity contribution in [1.29, 1.82) is 0 Å². The summed E-state index contributed by atoms with van der Waals surface area (Å²) in [4.78, 5) is 4.61. The number of rotatable bonds is 7. The van der Waals surface area contributed by atoms with Gasteiger partial charge in [0.25, 0.3) is 0 Å². The molecule has 0 aromatic carbocycles. The minimum atomic E-state index is 0.946. The lowest BCUT2D eigenvalue weighted by molar-refractivity contribution is 1.23. The molecule has 0 bridgehead atoms. The summed E-state index contributed by atoms with van der Waals surface area (Å²) in [6.07, 6.45) is 14.9. The van der Waals surface area contributed by atoms with Crippen molar-refractivity contribution in [2.45, 2.75) is 20.8 Å². The monoisotopic (exact) mass is 253 g/mol. The van der Waals surface area contributed by atoms with E-state index in [9.17, 15) is 0 Å². The highest BCUT2D eigenvalue weighted by molar-refractivity contribution is 6.01. The van der Waals surface area contributed by atoms with Crippen LogP contribution in [-0.4, -0.2) is 5.71 Å². The Morgan fingerprint density at radius 2 is 1.42 bits per heavy atom. The van der Waals surface area contributed by atoms with Crippen LogP contribution in [0, 0.1) is 0 Å². The number of aliphatic imine (C=N–C) groups is 1. The Kier molecular flexibility index (Phi) is 8.72. The second-order valence-electron chi connectivity index (χ2n) is 4.01. The first kappa shape index (κ1) is 16.9. The zero-order chi connectivity index (χ0) is 14.7. The summed E-state index contributed by atoms with van der Waals surface area (Å²) in [7, 11) is 0. The van der Waals surface area contributed by atoms with E-state index in [1.807, 2.05) is 51.2 Å². The molecule has 0 saturated heterocycles. The molecule has 0 spiro atoms. The minimum Gasteiger partial charge on any atom is -0.258 e. The van der Waals surface area contributed by atoms with Gasteiger partial charge < -0.3 is 0 Å². The molecule has 0 heterocycles. The number of hydrogen-bond donors (Lipinski definition) is 0. The molecule has 0 aromatic heterocycles. The van der Waals surface area contributed by atoms with Gasteiger partial charge in [0.2, 0.25) is 0 Å². The first-order chi connectivity index (χ1) is 9.06. The van der Waals surface area contributed by atoms with Crippen molar-refractivity contribution in [2.24, 2.45) is 4.99 Å². The Morgan fingerprint density at radius 3 is 1.95 bits per heavy atom. The maximum absolute atomic E-state index is 4.61. The van der Waals surface area contributed by atoms with Crippen LogP contribution in [0.1, 0.15) is 20.8 Å². The molecule has 0 fully saturated rings. The average Bonchev–Trinajstić information content (AvgIpc) is 2.40. The molecule has 0 atom stereocenters. The zero-order valence-corrected chi connectivity index (χ0v) is 12.2. The lowest BCUT2D eigenvalue weighted by Gasteiger charge is -2.03. The normalized spacial score (nSPS) is 14.7. The van der Waals surface area contributed by atoms with Crippen LogP contribution in [0.15, 0.2) is 90.2 Å². The van der Waals surface area contributed by atoms with Gasteiger partial charge in [-0.3, -0.25) is 4.99 Å². The van der Waals surface area contributed by atoms with Crippen LogP contribution >= 0.6 is 0 Å². The molecule has 0 saturated carbocycles. The first-order valence-electron chi connectivity index (χ1n) is 6.20. The van der Waals surface area contributed by atoms with Crippen molar-refractivity contribution >= 4 is 5.71 Å². The van der Waals surface area contributed by atoms with Gasteiger partial charge in [-0.1, -0.05) is 68.3 Å². The minimum absolute atomic E-state index is 0.946. The van der Waals surface area contributed by atoms with Gasteiger partial charge in [-0.15, -0.1) is 0 Å². The third-order valence-electron chi connectivity index (χ3n) is 2.52. The maximum atomic E-state index is 4.61. The van der Waals surface area contributed by atoms with Gasteiger partial charge in [-0.05, 0) is 31.9 Å². The Morgan fingerprint density at radius 1 is 0.842 bits per heavy atom. The van der Waals surface area contributed by atoms with Gasteiger partial charge in [0.05, 0.1) is 0 Å². The molecule has 1 heteroatoms. The summed E-state index contributed by atoms with van der Waals surface area (Å²) < 4.78 is 0. The molecule has 0 aliphatic carbocycles. The average molecular weight is 253 g/mol. The van der Waals surface area contributed by atoms with Gasteiger partial charge >= 0.3 is 0 Å². The quantitative estimate of drug-likeness (QED) is 0.429. The molecule has 0 aliphatic rings. The van der Waals surface area contributed by atoms with E-state index in [-0.39, 0.29) is 0 Å². The van der Waals surface area contributed by atoms with E-state index < -0.39 is 0 Å². The third-order valence-corrected chi connectivity index (χ3v) is 2.52. The predicted octanol–water partition coefficient (Wildman–Crippen LogP) is 5.34. The largest absolute Gasteiger partial charge is 0.258 e. The molecule has 1 nitrogen and oxygen atoms in total. The van der Waals surface area contributed by atoms with Crippen molar-refractivity contribution < 1.29 is 0 Å². The van der Waals surface area contributed by atoms with Crippen LogP contribution in [0.4, 0.5) is 0 Å². The Bertz CT molecular complexity index is 480. The first-order valence-corrected chi connectivity index (χ1v) is 6.20. The molecule has 100 valence electrons. The summed E-state index contributed by atoms with van der Waals surface area (Å²) in [5, 5.41) is 0. The molecule has 0 unspecified atom stereocenters. The molecule has 0 radical (unpaired) electrons. The number of hydrogen-bond acceptors (Lipinski definition) is 1. The van der Waals surface area contributed by atoms with Crippen LogP contribution in [0.2, 0.25) is 0 Å². The second kappa shape index (κ2) is 9.84. The summed E-state index contributed by atoms with van der Waals surface area (Å²) in [6, 6.07) is 0. The van der Waals surface area contributed by atoms with Gasteiger partial charge in [-0.25, -0.2) is 0 Å². The van der Waals surface area contributed by atoms with E-state index in [4.69, 9.17) is 0 Å². The van der Waals surface area contributed by atoms with E-state index in [0.29, 0.717) is 0 Å². The molecular formula is C18H23N. The van der Waals surface area contributed by atoms with Crippen molar-refractivity contribution in [2.75, 3.05) is 0 Å². The Labute approximate surface area is 117 Å².